The van der Waals surface area contributed by atoms with Crippen molar-refractivity contribution in [2.45, 2.75) is 5.92 Å². The fourth-order valence-corrected chi connectivity index (χ4v) is 3.29. The van der Waals surface area contributed by atoms with Crippen molar-refractivity contribution in [3.05, 3.63) is 91.6 Å². The van der Waals surface area contributed by atoms with Crippen molar-refractivity contribution in [1.29, 1.82) is 5.26 Å². The van der Waals surface area contributed by atoms with E-state index in [2.05, 4.69) is 4.98 Å². The summed E-state index contributed by atoms with van der Waals surface area (Å²) in [5, 5.41) is 21.1. The maximum Gasteiger partial charge on any atom is 0.269 e. The van der Waals surface area contributed by atoms with E-state index < -0.39 is 16.4 Å². The lowest BCUT2D eigenvalue weighted by atomic mass is 9.83. The standard InChI is InChI=1S/C19H12N4O4/c20-9-13-15(10-5-7-11(8-6-10)23(25)26)16-17(27-18(13)21)12-3-1-2-4-14(12)22-19(16)24/h1-8,15H,21H2,(H,22,24). The Kier molecular flexibility index (Phi) is 3.63. The molecule has 0 amide bonds. The number of nitrogens with zero attached hydrogens (tertiary/aromatic N) is 2. The zero-order valence-electron chi connectivity index (χ0n) is 13.8. The summed E-state index contributed by atoms with van der Waals surface area (Å²) in [5.41, 5.74) is 6.90. The summed E-state index contributed by atoms with van der Waals surface area (Å²) in [6.45, 7) is 0. The number of nitrogens with two attached hydrogens (primary N) is 1. The number of fused-ring (bicyclic) bond motifs is 3. The number of para-hydroxylation sites is 1. The Balaban J connectivity index is 2.01. The molecular formula is C19H12N4O4. The summed E-state index contributed by atoms with van der Waals surface area (Å²) in [6, 6.07) is 14.8. The summed E-state index contributed by atoms with van der Waals surface area (Å²) >= 11 is 0. The van der Waals surface area contributed by atoms with Crippen LogP contribution in [-0.2, 0) is 0 Å². The van der Waals surface area contributed by atoms with Gasteiger partial charge in [-0.3, -0.25) is 14.9 Å². The third-order valence-electron chi connectivity index (χ3n) is 4.52. The van der Waals surface area contributed by atoms with E-state index in [1.165, 1.54) is 24.3 Å². The Labute approximate surface area is 152 Å². The molecule has 0 saturated carbocycles. The lowest BCUT2D eigenvalue weighted by Gasteiger charge is -2.26. The van der Waals surface area contributed by atoms with Gasteiger partial charge in [-0.15, -0.1) is 0 Å². The van der Waals surface area contributed by atoms with Crippen LogP contribution < -0.4 is 16.0 Å². The monoisotopic (exact) mass is 360 g/mol. The molecule has 0 fully saturated rings. The SMILES string of the molecule is N#CC1=C(N)Oc2c(c(=O)[nH]c3ccccc23)C1c1ccc([N+](=O)[O-])cc1. The van der Waals surface area contributed by atoms with Crippen molar-refractivity contribution < 1.29 is 9.66 Å². The molecule has 4 rings (SSSR count). The van der Waals surface area contributed by atoms with Gasteiger partial charge in [0.15, 0.2) is 0 Å². The number of nitro benzene ring substituents is 1. The molecule has 0 saturated heterocycles. The molecule has 3 N–H and O–H groups in total. The predicted octanol–water partition coefficient (Wildman–Crippen LogP) is 2.65. The van der Waals surface area contributed by atoms with Crippen LogP contribution >= 0.6 is 0 Å². The molecule has 0 spiro atoms. The Morgan fingerprint density at radius 3 is 2.56 bits per heavy atom. The fraction of sp³-hybridized carbons (Fsp3) is 0.0526. The smallest absolute Gasteiger partial charge is 0.269 e. The van der Waals surface area contributed by atoms with Crippen molar-refractivity contribution in [3.63, 3.8) is 0 Å². The van der Waals surface area contributed by atoms with Gasteiger partial charge < -0.3 is 15.5 Å². The highest BCUT2D eigenvalue weighted by molar-refractivity contribution is 5.87. The van der Waals surface area contributed by atoms with Gasteiger partial charge in [0.1, 0.15) is 17.4 Å². The zero-order chi connectivity index (χ0) is 19.1. The van der Waals surface area contributed by atoms with Crippen LogP contribution in [0.2, 0.25) is 0 Å². The lowest BCUT2D eigenvalue weighted by Crippen LogP contribution is -2.27. The van der Waals surface area contributed by atoms with E-state index >= 15 is 0 Å². The highest BCUT2D eigenvalue weighted by atomic mass is 16.6. The number of rotatable bonds is 2. The summed E-state index contributed by atoms with van der Waals surface area (Å²) in [4.78, 5) is 26.0. The molecule has 8 nitrogen and oxygen atoms in total. The molecule has 2 aromatic carbocycles. The molecule has 1 unspecified atom stereocenters. The lowest BCUT2D eigenvalue weighted by molar-refractivity contribution is -0.384. The summed E-state index contributed by atoms with van der Waals surface area (Å²) in [5.74, 6) is -0.591. The van der Waals surface area contributed by atoms with Crippen LogP contribution in [0.1, 0.15) is 17.0 Å². The van der Waals surface area contributed by atoms with E-state index in [0.29, 0.717) is 16.5 Å². The van der Waals surface area contributed by atoms with Gasteiger partial charge in [0.05, 0.1) is 21.9 Å². The Morgan fingerprint density at radius 1 is 1.19 bits per heavy atom. The second kappa shape index (κ2) is 6.00. The molecular weight excluding hydrogens is 348 g/mol. The first-order valence-electron chi connectivity index (χ1n) is 7.98. The number of benzene rings is 2. The van der Waals surface area contributed by atoms with Crippen molar-refractivity contribution in [2.75, 3.05) is 0 Å². The van der Waals surface area contributed by atoms with Crippen molar-refractivity contribution >= 4 is 16.6 Å². The first-order chi connectivity index (χ1) is 13.0. The number of nitro groups is 1. The van der Waals surface area contributed by atoms with Gasteiger partial charge in [0.2, 0.25) is 5.88 Å². The van der Waals surface area contributed by atoms with Crippen LogP contribution in [0.15, 0.2) is 64.8 Å². The Morgan fingerprint density at radius 2 is 1.89 bits per heavy atom. The van der Waals surface area contributed by atoms with E-state index in [1.807, 2.05) is 6.07 Å². The van der Waals surface area contributed by atoms with E-state index in [0.717, 1.165) is 0 Å². The molecule has 0 radical (unpaired) electrons. The van der Waals surface area contributed by atoms with Gasteiger partial charge in [-0.1, -0.05) is 24.3 Å². The van der Waals surface area contributed by atoms with Crippen LogP contribution in [0, 0.1) is 21.4 Å². The van der Waals surface area contributed by atoms with Gasteiger partial charge in [-0.05, 0) is 17.7 Å². The minimum Gasteiger partial charge on any atom is -0.439 e. The minimum absolute atomic E-state index is 0.0807. The number of pyridine rings is 1. The van der Waals surface area contributed by atoms with Crippen molar-refractivity contribution in [3.8, 4) is 11.8 Å². The Bertz CT molecular complexity index is 1220. The number of allylic oxidation sites excluding steroid dienone is 1. The number of aromatic nitrogens is 1. The van der Waals surface area contributed by atoms with Gasteiger partial charge in [0, 0.05) is 17.5 Å². The number of ether oxygens (including phenoxy) is 1. The normalized spacial score (nSPS) is 15.7. The predicted molar refractivity (Wildman–Crippen MR) is 97.0 cm³/mol. The molecule has 1 aliphatic heterocycles. The topological polar surface area (TPSA) is 135 Å². The summed E-state index contributed by atoms with van der Waals surface area (Å²) in [6.07, 6.45) is 0. The van der Waals surface area contributed by atoms with Gasteiger partial charge >= 0.3 is 0 Å². The maximum absolute atomic E-state index is 12.8. The van der Waals surface area contributed by atoms with Crippen LogP contribution in [0.5, 0.6) is 5.75 Å². The van der Waals surface area contributed by atoms with E-state index in [-0.39, 0.29) is 28.5 Å². The molecule has 1 atom stereocenters. The molecule has 1 aliphatic rings. The molecule has 3 aromatic rings. The number of aromatic amines is 1. The third-order valence-corrected chi connectivity index (χ3v) is 4.52. The molecule has 27 heavy (non-hydrogen) atoms. The van der Waals surface area contributed by atoms with Gasteiger partial charge in [-0.25, -0.2) is 0 Å². The summed E-state index contributed by atoms with van der Waals surface area (Å²) in [7, 11) is 0. The van der Waals surface area contributed by atoms with Crippen molar-refractivity contribution in [1.82, 2.24) is 4.98 Å². The number of non-ortho nitro benzene ring substituents is 1. The fourth-order valence-electron chi connectivity index (χ4n) is 3.29. The van der Waals surface area contributed by atoms with Crippen LogP contribution in [0.3, 0.4) is 0 Å². The largest absolute Gasteiger partial charge is 0.439 e. The van der Waals surface area contributed by atoms with E-state index in [9.17, 15) is 20.2 Å². The first kappa shape index (κ1) is 16.4. The van der Waals surface area contributed by atoms with E-state index in [1.54, 1.807) is 24.3 Å². The number of hydrogen-bond acceptors (Lipinski definition) is 6. The van der Waals surface area contributed by atoms with Gasteiger partial charge in [0.25, 0.3) is 11.2 Å². The van der Waals surface area contributed by atoms with E-state index in [4.69, 9.17) is 10.5 Å². The summed E-state index contributed by atoms with van der Waals surface area (Å²) < 4.78 is 5.65. The van der Waals surface area contributed by atoms with Crippen LogP contribution in [-0.4, -0.2) is 9.91 Å². The van der Waals surface area contributed by atoms with Crippen molar-refractivity contribution in [2.24, 2.45) is 5.73 Å². The highest BCUT2D eigenvalue weighted by Crippen LogP contribution is 2.43. The first-order valence-corrected chi connectivity index (χ1v) is 7.98. The quantitative estimate of drug-likeness (QED) is 0.533. The average molecular weight is 360 g/mol. The number of nitriles is 1. The second-order valence-corrected chi connectivity index (χ2v) is 6.02. The molecule has 1 aromatic heterocycles. The minimum atomic E-state index is -0.784. The van der Waals surface area contributed by atoms with Crippen LogP contribution in [0.25, 0.3) is 10.9 Å². The highest BCUT2D eigenvalue weighted by Gasteiger charge is 2.34. The zero-order valence-corrected chi connectivity index (χ0v) is 13.8. The van der Waals surface area contributed by atoms with Gasteiger partial charge in [-0.2, -0.15) is 5.26 Å². The molecule has 0 aliphatic carbocycles. The maximum atomic E-state index is 12.8. The molecule has 132 valence electrons. The third kappa shape index (κ3) is 2.49. The molecule has 8 heteroatoms. The number of H-pyrrole nitrogens is 1. The molecule has 2 heterocycles. The van der Waals surface area contributed by atoms with Crippen LogP contribution in [0.4, 0.5) is 5.69 Å². The average Bonchev–Trinajstić information content (AvgIpc) is 2.67. The number of hydrogen-bond donors (Lipinski definition) is 2. The number of nitrogens with one attached hydrogen (secondary N) is 1. The Hall–Kier alpha value is -4.12. The second-order valence-electron chi connectivity index (χ2n) is 6.02. The molecule has 0 bridgehead atoms.